The van der Waals surface area contributed by atoms with Gasteiger partial charge in [0.15, 0.2) is 0 Å². The van der Waals surface area contributed by atoms with Crippen LogP contribution in [0.2, 0.25) is 0 Å². The van der Waals surface area contributed by atoms with Crippen molar-refractivity contribution < 1.29 is 0 Å². The molecule has 102 valence electrons. The molecule has 19 heavy (non-hydrogen) atoms. The Balaban J connectivity index is 1.92. The molecule has 1 N–H and O–H groups in total. The van der Waals surface area contributed by atoms with Gasteiger partial charge in [-0.1, -0.05) is 38.0 Å². The molecule has 0 saturated heterocycles. The lowest BCUT2D eigenvalue weighted by Crippen LogP contribution is -2.17. The summed E-state index contributed by atoms with van der Waals surface area (Å²) in [4.78, 5) is 0. The Bertz CT molecular complexity index is 535. The summed E-state index contributed by atoms with van der Waals surface area (Å²) in [7, 11) is 0. The average molecular weight is 256 g/mol. The van der Waals surface area contributed by atoms with Crippen LogP contribution in [-0.2, 0) is 13.1 Å². The van der Waals surface area contributed by atoms with Gasteiger partial charge in [-0.05, 0) is 42.8 Å². The van der Waals surface area contributed by atoms with Crippen molar-refractivity contribution in [2.75, 3.05) is 6.54 Å². The molecule has 0 atom stereocenters. The predicted octanol–water partition coefficient (Wildman–Crippen LogP) is 3.94. The first-order chi connectivity index (χ1) is 9.38. The van der Waals surface area contributed by atoms with Gasteiger partial charge in [0.25, 0.3) is 0 Å². The highest BCUT2D eigenvalue weighted by Gasteiger charge is 2.18. The molecule has 0 amide bonds. The largest absolute Gasteiger partial charge is 0.343 e. The first-order valence-electron chi connectivity index (χ1n) is 7.66. The summed E-state index contributed by atoms with van der Waals surface area (Å²) in [6.07, 6.45) is 5.67. The van der Waals surface area contributed by atoms with Crippen LogP contribution in [0.5, 0.6) is 0 Å². The van der Waals surface area contributed by atoms with Gasteiger partial charge in [0.2, 0.25) is 0 Å². The molecule has 2 heteroatoms. The molecule has 3 rings (SSSR count). The minimum absolute atomic E-state index is 0.885. The summed E-state index contributed by atoms with van der Waals surface area (Å²) >= 11 is 0. The minimum Gasteiger partial charge on any atom is -0.343 e. The second-order valence-corrected chi connectivity index (χ2v) is 5.74. The Labute approximate surface area is 115 Å². The Morgan fingerprint density at radius 2 is 2.00 bits per heavy atom. The number of nitrogens with one attached hydrogen (secondary N) is 1. The van der Waals surface area contributed by atoms with E-state index in [0.29, 0.717) is 0 Å². The van der Waals surface area contributed by atoms with Gasteiger partial charge in [-0.25, -0.2) is 0 Å². The number of hydrogen-bond donors (Lipinski definition) is 1. The molecule has 1 aromatic carbocycles. The molecule has 0 radical (unpaired) electrons. The predicted molar refractivity (Wildman–Crippen MR) is 81.3 cm³/mol. The zero-order valence-corrected chi connectivity index (χ0v) is 11.9. The van der Waals surface area contributed by atoms with Crippen molar-refractivity contribution in [3.63, 3.8) is 0 Å². The van der Waals surface area contributed by atoms with Crippen molar-refractivity contribution >= 4 is 10.9 Å². The van der Waals surface area contributed by atoms with E-state index in [1.165, 1.54) is 48.8 Å². The van der Waals surface area contributed by atoms with Crippen molar-refractivity contribution in [3.8, 4) is 0 Å². The summed E-state index contributed by atoms with van der Waals surface area (Å²) in [5.41, 5.74) is 2.84. The van der Waals surface area contributed by atoms with Crippen molar-refractivity contribution in [2.45, 2.75) is 45.7 Å². The highest BCUT2D eigenvalue weighted by Crippen LogP contribution is 2.29. The van der Waals surface area contributed by atoms with E-state index in [4.69, 9.17) is 0 Å². The maximum absolute atomic E-state index is 3.47. The monoisotopic (exact) mass is 256 g/mol. The van der Waals surface area contributed by atoms with E-state index in [9.17, 15) is 0 Å². The summed E-state index contributed by atoms with van der Waals surface area (Å²) in [5, 5.41) is 4.85. The van der Waals surface area contributed by atoms with Crippen LogP contribution in [-0.4, -0.2) is 11.1 Å². The highest BCUT2D eigenvalue weighted by molar-refractivity contribution is 5.81. The Morgan fingerprint density at radius 3 is 2.79 bits per heavy atom. The van der Waals surface area contributed by atoms with Crippen LogP contribution in [0.15, 0.2) is 30.3 Å². The first-order valence-corrected chi connectivity index (χ1v) is 7.66. The van der Waals surface area contributed by atoms with Gasteiger partial charge >= 0.3 is 0 Å². The number of hydrogen-bond acceptors (Lipinski definition) is 1. The van der Waals surface area contributed by atoms with E-state index in [-0.39, 0.29) is 0 Å². The third-order valence-corrected chi connectivity index (χ3v) is 4.37. The van der Waals surface area contributed by atoms with Crippen LogP contribution in [0.3, 0.4) is 0 Å². The van der Waals surface area contributed by atoms with Crippen molar-refractivity contribution in [2.24, 2.45) is 5.92 Å². The lowest BCUT2D eigenvalue weighted by molar-refractivity contribution is 0.454. The first kappa shape index (κ1) is 12.7. The second kappa shape index (κ2) is 5.79. The zero-order chi connectivity index (χ0) is 13.1. The van der Waals surface area contributed by atoms with Crippen molar-refractivity contribution in [1.29, 1.82) is 0 Å². The van der Waals surface area contributed by atoms with Crippen LogP contribution in [0.25, 0.3) is 10.9 Å². The van der Waals surface area contributed by atoms with Gasteiger partial charge in [0, 0.05) is 24.3 Å². The minimum atomic E-state index is 0.885. The van der Waals surface area contributed by atoms with Crippen LogP contribution in [0.1, 0.15) is 38.3 Å². The number of aromatic nitrogens is 1. The summed E-state index contributed by atoms with van der Waals surface area (Å²) in [6, 6.07) is 11.1. The van der Waals surface area contributed by atoms with Gasteiger partial charge in [-0.3, -0.25) is 0 Å². The Kier molecular flexibility index (Phi) is 3.88. The maximum atomic E-state index is 3.47. The van der Waals surface area contributed by atoms with Gasteiger partial charge in [0.1, 0.15) is 0 Å². The Hall–Kier alpha value is -1.28. The Morgan fingerprint density at radius 1 is 1.21 bits per heavy atom. The smallest absolute Gasteiger partial charge is 0.0483 e. The standard InChI is InChI=1S/C17H24N2/c1-2-18-12-16-11-15-9-5-6-10-17(15)19(16)13-14-7-3-4-8-14/h5-6,9-11,14,18H,2-4,7-8,12-13H2,1H3. The molecule has 1 fully saturated rings. The SMILES string of the molecule is CCNCc1cc2ccccc2n1CC1CCCC1. The van der Waals surface area contributed by atoms with E-state index in [0.717, 1.165) is 19.0 Å². The molecule has 2 nitrogen and oxygen atoms in total. The number of fused-ring (bicyclic) bond motifs is 1. The van der Waals surface area contributed by atoms with Gasteiger partial charge < -0.3 is 9.88 Å². The zero-order valence-electron chi connectivity index (χ0n) is 11.9. The molecule has 0 spiro atoms. The number of benzene rings is 1. The molecule has 1 aliphatic rings. The van der Waals surface area contributed by atoms with E-state index in [1.807, 2.05) is 0 Å². The van der Waals surface area contributed by atoms with Crippen LogP contribution in [0.4, 0.5) is 0 Å². The molecule has 0 aliphatic heterocycles. The molecular weight excluding hydrogens is 232 g/mol. The summed E-state index contributed by atoms with van der Waals surface area (Å²) < 4.78 is 2.55. The topological polar surface area (TPSA) is 17.0 Å². The average Bonchev–Trinajstić information content (AvgIpc) is 3.06. The molecule has 0 bridgehead atoms. The number of para-hydroxylation sites is 1. The van der Waals surface area contributed by atoms with E-state index in [1.54, 1.807) is 0 Å². The molecule has 1 aliphatic carbocycles. The van der Waals surface area contributed by atoms with Crippen LogP contribution >= 0.6 is 0 Å². The van der Waals surface area contributed by atoms with Gasteiger partial charge in [0.05, 0.1) is 0 Å². The molecule has 1 heterocycles. The number of rotatable bonds is 5. The fourth-order valence-corrected chi connectivity index (χ4v) is 3.33. The lowest BCUT2D eigenvalue weighted by atomic mass is 10.1. The third-order valence-electron chi connectivity index (χ3n) is 4.37. The van der Waals surface area contributed by atoms with E-state index in [2.05, 4.69) is 47.1 Å². The second-order valence-electron chi connectivity index (χ2n) is 5.74. The van der Waals surface area contributed by atoms with Gasteiger partial charge in [-0.15, -0.1) is 0 Å². The van der Waals surface area contributed by atoms with Crippen LogP contribution < -0.4 is 5.32 Å². The van der Waals surface area contributed by atoms with Crippen LogP contribution in [0, 0.1) is 5.92 Å². The van der Waals surface area contributed by atoms with Gasteiger partial charge in [-0.2, -0.15) is 0 Å². The third kappa shape index (κ3) is 2.69. The number of nitrogens with zero attached hydrogens (tertiary/aromatic N) is 1. The van der Waals surface area contributed by atoms with E-state index < -0.39 is 0 Å². The van der Waals surface area contributed by atoms with Crippen molar-refractivity contribution in [1.82, 2.24) is 9.88 Å². The van der Waals surface area contributed by atoms with E-state index >= 15 is 0 Å². The maximum Gasteiger partial charge on any atom is 0.0483 e. The summed E-state index contributed by atoms with van der Waals surface area (Å²) in [6.45, 7) is 5.39. The molecular formula is C17H24N2. The molecule has 0 unspecified atom stereocenters. The normalized spacial score (nSPS) is 16.5. The highest BCUT2D eigenvalue weighted by atomic mass is 15.0. The molecule has 2 aromatic rings. The summed E-state index contributed by atoms with van der Waals surface area (Å²) in [5.74, 6) is 0.885. The quantitative estimate of drug-likeness (QED) is 0.857. The molecule has 1 aromatic heterocycles. The van der Waals surface area contributed by atoms with Crippen molar-refractivity contribution in [3.05, 3.63) is 36.0 Å². The molecule has 1 saturated carbocycles. The fraction of sp³-hybridized carbons (Fsp3) is 0.529. The fourth-order valence-electron chi connectivity index (χ4n) is 3.33. The lowest BCUT2D eigenvalue weighted by Gasteiger charge is -2.15.